The number of hydrogen-bond acceptors (Lipinski definition) is 2. The van der Waals surface area contributed by atoms with Crippen LogP contribution in [0.5, 0.6) is 0 Å². The number of likely N-dealkylation sites (N-methyl/N-ethyl adjacent to an activating group) is 1. The van der Waals surface area contributed by atoms with Crippen molar-refractivity contribution in [2.24, 2.45) is 0 Å². The Labute approximate surface area is 113 Å². The molecule has 0 aliphatic rings. The molecule has 0 atom stereocenters. The molecule has 0 unspecified atom stereocenters. The van der Waals surface area contributed by atoms with E-state index in [4.69, 9.17) is 0 Å². The summed E-state index contributed by atoms with van der Waals surface area (Å²) in [6, 6.07) is 13.8. The number of hydrogen-bond donors (Lipinski definition) is 0. The largest absolute Gasteiger partial charge is 0.346 e. The van der Waals surface area contributed by atoms with Gasteiger partial charge in [0.25, 0.3) is 0 Å². The van der Waals surface area contributed by atoms with E-state index in [1.807, 2.05) is 56.4 Å². The molecule has 1 amide bonds. The first-order valence-electron chi connectivity index (χ1n) is 6.45. The minimum absolute atomic E-state index is 0.146. The SMILES string of the molecule is CCN(C)C(=O)Cc1ccc(-c2ccccn2)cc1. The predicted octanol–water partition coefficient (Wildman–Crippen LogP) is 2.77. The van der Waals surface area contributed by atoms with Crippen molar-refractivity contribution in [2.45, 2.75) is 13.3 Å². The second-order valence-electron chi connectivity index (χ2n) is 4.50. The molecule has 98 valence electrons. The minimum atomic E-state index is 0.146. The number of nitrogens with zero attached hydrogens (tertiary/aromatic N) is 2. The van der Waals surface area contributed by atoms with Gasteiger partial charge in [0.2, 0.25) is 5.91 Å². The van der Waals surface area contributed by atoms with Gasteiger partial charge in [-0.2, -0.15) is 0 Å². The molecule has 0 saturated heterocycles. The van der Waals surface area contributed by atoms with E-state index >= 15 is 0 Å². The van der Waals surface area contributed by atoms with Crippen molar-refractivity contribution in [3.8, 4) is 11.3 Å². The van der Waals surface area contributed by atoms with Crippen LogP contribution in [0.3, 0.4) is 0 Å². The lowest BCUT2D eigenvalue weighted by molar-refractivity contribution is -0.128. The highest BCUT2D eigenvalue weighted by Gasteiger charge is 2.07. The van der Waals surface area contributed by atoms with Gasteiger partial charge in [-0.3, -0.25) is 9.78 Å². The molecule has 1 aromatic carbocycles. The Kier molecular flexibility index (Phi) is 4.29. The lowest BCUT2D eigenvalue weighted by Gasteiger charge is -2.14. The summed E-state index contributed by atoms with van der Waals surface area (Å²) in [5.41, 5.74) is 3.05. The molecule has 1 heterocycles. The second-order valence-corrected chi connectivity index (χ2v) is 4.50. The van der Waals surface area contributed by atoms with Crippen molar-refractivity contribution in [1.82, 2.24) is 9.88 Å². The monoisotopic (exact) mass is 254 g/mol. The van der Waals surface area contributed by atoms with Gasteiger partial charge in [-0.25, -0.2) is 0 Å². The van der Waals surface area contributed by atoms with Gasteiger partial charge in [-0.1, -0.05) is 30.3 Å². The molecular weight excluding hydrogens is 236 g/mol. The maximum atomic E-state index is 11.8. The van der Waals surface area contributed by atoms with Gasteiger partial charge in [-0.15, -0.1) is 0 Å². The van der Waals surface area contributed by atoms with E-state index in [0.717, 1.165) is 23.4 Å². The Hall–Kier alpha value is -2.16. The number of aromatic nitrogens is 1. The van der Waals surface area contributed by atoms with Crippen molar-refractivity contribution >= 4 is 5.91 Å². The van der Waals surface area contributed by atoms with Crippen molar-refractivity contribution in [1.29, 1.82) is 0 Å². The molecule has 0 fully saturated rings. The molecule has 1 aromatic heterocycles. The Morgan fingerprint density at radius 2 is 1.89 bits per heavy atom. The van der Waals surface area contributed by atoms with Crippen LogP contribution in [0.25, 0.3) is 11.3 Å². The predicted molar refractivity (Wildman–Crippen MR) is 76.7 cm³/mol. The summed E-state index contributed by atoms with van der Waals surface area (Å²) < 4.78 is 0. The maximum Gasteiger partial charge on any atom is 0.226 e. The quantitative estimate of drug-likeness (QED) is 0.840. The van der Waals surface area contributed by atoms with E-state index in [1.165, 1.54) is 0 Å². The summed E-state index contributed by atoms with van der Waals surface area (Å²) in [6.45, 7) is 2.72. The maximum absolute atomic E-state index is 11.8. The first kappa shape index (κ1) is 13.3. The third kappa shape index (κ3) is 3.41. The average Bonchev–Trinajstić information content (AvgIpc) is 2.48. The smallest absolute Gasteiger partial charge is 0.226 e. The first-order valence-corrected chi connectivity index (χ1v) is 6.45. The number of carbonyl (C=O) groups is 1. The minimum Gasteiger partial charge on any atom is -0.346 e. The van der Waals surface area contributed by atoms with Crippen LogP contribution in [-0.4, -0.2) is 29.4 Å². The van der Waals surface area contributed by atoms with E-state index in [0.29, 0.717) is 6.42 Å². The highest BCUT2D eigenvalue weighted by molar-refractivity contribution is 5.78. The molecule has 2 aromatic rings. The molecule has 3 heteroatoms. The number of carbonyl (C=O) groups excluding carboxylic acids is 1. The molecule has 0 N–H and O–H groups in total. The van der Waals surface area contributed by atoms with Gasteiger partial charge >= 0.3 is 0 Å². The number of rotatable bonds is 4. The molecule has 0 aliphatic heterocycles. The summed E-state index contributed by atoms with van der Waals surface area (Å²) in [5.74, 6) is 0.146. The molecule has 0 bridgehead atoms. The second kappa shape index (κ2) is 6.14. The zero-order valence-corrected chi connectivity index (χ0v) is 11.3. The number of benzene rings is 1. The fraction of sp³-hybridized carbons (Fsp3) is 0.250. The van der Waals surface area contributed by atoms with E-state index in [2.05, 4.69) is 4.98 Å². The van der Waals surface area contributed by atoms with E-state index in [9.17, 15) is 4.79 Å². The van der Waals surface area contributed by atoms with Crippen molar-refractivity contribution in [3.63, 3.8) is 0 Å². The molecule has 0 spiro atoms. The molecule has 0 aliphatic carbocycles. The fourth-order valence-corrected chi connectivity index (χ4v) is 1.81. The standard InChI is InChI=1S/C16H18N2O/c1-3-18(2)16(19)12-13-7-9-14(10-8-13)15-6-4-5-11-17-15/h4-11H,3,12H2,1-2H3. The summed E-state index contributed by atoms with van der Waals surface area (Å²) in [5, 5.41) is 0. The van der Waals surface area contributed by atoms with Crippen molar-refractivity contribution in [3.05, 3.63) is 54.2 Å². The van der Waals surface area contributed by atoms with E-state index in [-0.39, 0.29) is 5.91 Å². The number of pyridine rings is 1. The zero-order valence-electron chi connectivity index (χ0n) is 11.3. The summed E-state index contributed by atoms with van der Waals surface area (Å²) in [6.07, 6.45) is 2.23. The van der Waals surface area contributed by atoms with Crippen LogP contribution in [0, 0.1) is 0 Å². The average molecular weight is 254 g/mol. The molecule has 0 radical (unpaired) electrons. The van der Waals surface area contributed by atoms with Crippen LogP contribution in [0.1, 0.15) is 12.5 Å². The van der Waals surface area contributed by atoms with Crippen LogP contribution in [0.4, 0.5) is 0 Å². The lowest BCUT2D eigenvalue weighted by atomic mass is 10.1. The molecule has 0 saturated carbocycles. The van der Waals surface area contributed by atoms with E-state index < -0.39 is 0 Å². The Bertz CT molecular complexity index is 534. The van der Waals surface area contributed by atoms with Crippen LogP contribution in [0.15, 0.2) is 48.7 Å². The topological polar surface area (TPSA) is 33.2 Å². The van der Waals surface area contributed by atoms with Crippen LogP contribution < -0.4 is 0 Å². The van der Waals surface area contributed by atoms with Gasteiger partial charge in [0, 0.05) is 25.4 Å². The molecule has 2 rings (SSSR count). The third-order valence-corrected chi connectivity index (χ3v) is 3.17. The zero-order chi connectivity index (χ0) is 13.7. The Morgan fingerprint density at radius 1 is 1.16 bits per heavy atom. The summed E-state index contributed by atoms with van der Waals surface area (Å²) in [7, 11) is 1.82. The summed E-state index contributed by atoms with van der Waals surface area (Å²) >= 11 is 0. The van der Waals surface area contributed by atoms with Gasteiger partial charge in [0.1, 0.15) is 0 Å². The van der Waals surface area contributed by atoms with Gasteiger partial charge in [0.15, 0.2) is 0 Å². The highest BCUT2D eigenvalue weighted by atomic mass is 16.2. The normalized spacial score (nSPS) is 10.2. The Morgan fingerprint density at radius 3 is 2.47 bits per heavy atom. The lowest BCUT2D eigenvalue weighted by Crippen LogP contribution is -2.27. The van der Waals surface area contributed by atoms with Crippen LogP contribution in [0.2, 0.25) is 0 Å². The van der Waals surface area contributed by atoms with Crippen LogP contribution in [-0.2, 0) is 11.2 Å². The summed E-state index contributed by atoms with van der Waals surface area (Å²) in [4.78, 5) is 17.8. The Balaban J connectivity index is 2.09. The van der Waals surface area contributed by atoms with Gasteiger partial charge < -0.3 is 4.90 Å². The molecule has 19 heavy (non-hydrogen) atoms. The van der Waals surface area contributed by atoms with Crippen molar-refractivity contribution < 1.29 is 4.79 Å². The van der Waals surface area contributed by atoms with E-state index in [1.54, 1.807) is 11.1 Å². The fourth-order valence-electron chi connectivity index (χ4n) is 1.81. The van der Waals surface area contributed by atoms with Gasteiger partial charge in [0.05, 0.1) is 12.1 Å². The third-order valence-electron chi connectivity index (χ3n) is 3.17. The molecule has 3 nitrogen and oxygen atoms in total. The van der Waals surface area contributed by atoms with Crippen LogP contribution >= 0.6 is 0 Å². The van der Waals surface area contributed by atoms with Crippen molar-refractivity contribution in [2.75, 3.05) is 13.6 Å². The molecular formula is C16H18N2O. The highest BCUT2D eigenvalue weighted by Crippen LogP contribution is 2.17. The first-order chi connectivity index (χ1) is 9.20. The number of amides is 1. The van der Waals surface area contributed by atoms with Gasteiger partial charge in [-0.05, 0) is 24.6 Å².